The first-order valence-electron chi connectivity index (χ1n) is 3.59. The number of carbonyl (C=O) groups is 1. The van der Waals surface area contributed by atoms with E-state index in [4.69, 9.17) is 0 Å². The smallest absolute Gasteiger partial charge is 0.149 e. The summed E-state index contributed by atoms with van der Waals surface area (Å²) in [6.45, 7) is 5.76. The molecule has 1 heteroatoms. The summed E-state index contributed by atoms with van der Waals surface area (Å²) in [6, 6.07) is 0. The molecule has 0 saturated carbocycles. The third kappa shape index (κ3) is 1.18. The molecule has 0 aliphatic heterocycles. The van der Waals surface area contributed by atoms with Crippen LogP contribution in [0.5, 0.6) is 0 Å². The van der Waals surface area contributed by atoms with Crippen LogP contribution in [0.2, 0.25) is 0 Å². The van der Waals surface area contributed by atoms with Gasteiger partial charge in [0.05, 0.1) is 0 Å². The molecule has 0 heterocycles. The minimum atomic E-state index is 0.676. The van der Waals surface area contributed by atoms with Crippen molar-refractivity contribution in [3.8, 4) is 0 Å². The summed E-state index contributed by atoms with van der Waals surface area (Å²) in [4.78, 5) is 10.3. The lowest BCUT2D eigenvalue weighted by Crippen LogP contribution is -1.86. The molecule has 10 heavy (non-hydrogen) atoms. The molecule has 0 spiro atoms. The Balaban J connectivity index is 2.80. The molecule has 0 saturated heterocycles. The summed E-state index contributed by atoms with van der Waals surface area (Å²) in [5, 5.41) is 0. The second kappa shape index (κ2) is 2.82. The molecule has 0 N–H and O–H groups in total. The monoisotopic (exact) mass is 136 g/mol. The largest absolute Gasteiger partial charge is 0.298 e. The molecule has 0 atom stereocenters. The second-order valence-electron chi connectivity index (χ2n) is 2.76. The van der Waals surface area contributed by atoms with E-state index in [1.54, 1.807) is 0 Å². The van der Waals surface area contributed by atoms with Crippen LogP contribution in [0.15, 0.2) is 23.3 Å². The lowest BCUT2D eigenvalue weighted by Gasteiger charge is -1.98. The van der Waals surface area contributed by atoms with Gasteiger partial charge in [0, 0.05) is 5.57 Å². The predicted octanol–water partition coefficient (Wildman–Crippen LogP) is 2.24. The number of allylic oxidation sites excluding steroid dienone is 3. The van der Waals surface area contributed by atoms with E-state index >= 15 is 0 Å². The van der Waals surface area contributed by atoms with Gasteiger partial charge in [-0.2, -0.15) is 0 Å². The van der Waals surface area contributed by atoms with Crippen LogP contribution in [0, 0.1) is 0 Å². The normalized spacial score (nSPS) is 17.7. The van der Waals surface area contributed by atoms with E-state index in [1.165, 1.54) is 17.6 Å². The standard InChI is InChI=1S/C9H12O/c1-7-4-3-5-9(7)8(2)6-10/h6H,2-5H2,1H3. The summed E-state index contributed by atoms with van der Waals surface area (Å²) < 4.78 is 0. The molecule has 0 radical (unpaired) electrons. The maximum Gasteiger partial charge on any atom is 0.149 e. The molecule has 54 valence electrons. The molecule has 1 aliphatic carbocycles. The van der Waals surface area contributed by atoms with Gasteiger partial charge in [0.25, 0.3) is 0 Å². The average Bonchev–Trinajstić information content (AvgIpc) is 2.34. The third-order valence-corrected chi connectivity index (χ3v) is 2.02. The molecule has 0 unspecified atom stereocenters. The lowest BCUT2D eigenvalue weighted by molar-refractivity contribution is -0.104. The predicted molar refractivity (Wildman–Crippen MR) is 41.8 cm³/mol. The molecule has 0 aromatic carbocycles. The van der Waals surface area contributed by atoms with Gasteiger partial charge in [-0.25, -0.2) is 0 Å². The van der Waals surface area contributed by atoms with E-state index in [0.29, 0.717) is 5.57 Å². The van der Waals surface area contributed by atoms with Gasteiger partial charge in [0.15, 0.2) is 0 Å². The van der Waals surface area contributed by atoms with Crippen LogP contribution in [0.3, 0.4) is 0 Å². The number of carbonyl (C=O) groups excluding carboxylic acids is 1. The maximum atomic E-state index is 10.3. The van der Waals surface area contributed by atoms with Crippen molar-refractivity contribution >= 4 is 6.29 Å². The SMILES string of the molecule is C=C(C=O)C1=C(C)CCC1. The van der Waals surface area contributed by atoms with Crippen LogP contribution in [-0.4, -0.2) is 6.29 Å². The van der Waals surface area contributed by atoms with Gasteiger partial charge < -0.3 is 0 Å². The quantitative estimate of drug-likeness (QED) is 0.420. The minimum absolute atomic E-state index is 0.676. The zero-order chi connectivity index (χ0) is 7.56. The van der Waals surface area contributed by atoms with Crippen molar-refractivity contribution in [3.05, 3.63) is 23.3 Å². The van der Waals surface area contributed by atoms with Gasteiger partial charge in [-0.15, -0.1) is 0 Å². The maximum absolute atomic E-state index is 10.3. The van der Waals surface area contributed by atoms with Gasteiger partial charge >= 0.3 is 0 Å². The van der Waals surface area contributed by atoms with E-state index in [9.17, 15) is 4.79 Å². The Bertz CT molecular complexity index is 199. The molecule has 0 fully saturated rings. The molecular weight excluding hydrogens is 124 g/mol. The molecule has 0 aromatic heterocycles. The van der Waals surface area contributed by atoms with Crippen molar-refractivity contribution in [1.82, 2.24) is 0 Å². The first-order valence-corrected chi connectivity index (χ1v) is 3.59. The van der Waals surface area contributed by atoms with Crippen molar-refractivity contribution in [1.29, 1.82) is 0 Å². The summed E-state index contributed by atoms with van der Waals surface area (Å²) in [5.41, 5.74) is 3.21. The zero-order valence-corrected chi connectivity index (χ0v) is 6.31. The Hall–Kier alpha value is -0.850. The average molecular weight is 136 g/mol. The van der Waals surface area contributed by atoms with Gasteiger partial charge in [0.1, 0.15) is 6.29 Å². The topological polar surface area (TPSA) is 17.1 Å². The van der Waals surface area contributed by atoms with E-state index in [0.717, 1.165) is 19.1 Å². The molecule has 0 bridgehead atoms. The summed E-state index contributed by atoms with van der Waals surface area (Å²) in [6.07, 6.45) is 4.23. The molecule has 1 rings (SSSR count). The fourth-order valence-corrected chi connectivity index (χ4v) is 1.40. The minimum Gasteiger partial charge on any atom is -0.298 e. The fourth-order valence-electron chi connectivity index (χ4n) is 1.40. The Labute approximate surface area is 61.4 Å². The Morgan fingerprint density at radius 1 is 1.60 bits per heavy atom. The first-order chi connectivity index (χ1) is 4.75. The highest BCUT2D eigenvalue weighted by atomic mass is 16.1. The summed E-state index contributed by atoms with van der Waals surface area (Å²) >= 11 is 0. The van der Waals surface area contributed by atoms with E-state index in [-0.39, 0.29) is 0 Å². The number of hydrogen-bond donors (Lipinski definition) is 0. The third-order valence-electron chi connectivity index (χ3n) is 2.02. The van der Waals surface area contributed by atoms with Crippen molar-refractivity contribution in [2.75, 3.05) is 0 Å². The molecule has 0 aromatic rings. The van der Waals surface area contributed by atoms with Crippen molar-refractivity contribution in [3.63, 3.8) is 0 Å². The number of hydrogen-bond acceptors (Lipinski definition) is 1. The van der Waals surface area contributed by atoms with E-state index < -0.39 is 0 Å². The first kappa shape index (κ1) is 7.26. The Morgan fingerprint density at radius 2 is 2.30 bits per heavy atom. The zero-order valence-electron chi connectivity index (χ0n) is 6.31. The highest BCUT2D eigenvalue weighted by Gasteiger charge is 2.12. The van der Waals surface area contributed by atoms with Crippen LogP contribution in [-0.2, 0) is 4.79 Å². The van der Waals surface area contributed by atoms with Gasteiger partial charge in [-0.3, -0.25) is 4.79 Å². The van der Waals surface area contributed by atoms with E-state index in [2.05, 4.69) is 13.5 Å². The van der Waals surface area contributed by atoms with Gasteiger partial charge in [0.2, 0.25) is 0 Å². The van der Waals surface area contributed by atoms with Crippen LogP contribution in [0.4, 0.5) is 0 Å². The molecular formula is C9H12O. The molecule has 1 aliphatic rings. The van der Waals surface area contributed by atoms with Crippen molar-refractivity contribution in [2.45, 2.75) is 26.2 Å². The summed E-state index contributed by atoms with van der Waals surface area (Å²) in [5.74, 6) is 0. The highest BCUT2D eigenvalue weighted by Crippen LogP contribution is 2.28. The lowest BCUT2D eigenvalue weighted by atomic mass is 10.1. The van der Waals surface area contributed by atoms with Crippen LogP contribution in [0.1, 0.15) is 26.2 Å². The van der Waals surface area contributed by atoms with Crippen molar-refractivity contribution in [2.24, 2.45) is 0 Å². The molecule has 1 nitrogen and oxygen atoms in total. The Morgan fingerprint density at radius 3 is 2.70 bits per heavy atom. The number of aldehydes is 1. The van der Waals surface area contributed by atoms with Gasteiger partial charge in [-0.1, -0.05) is 12.2 Å². The fraction of sp³-hybridized carbons (Fsp3) is 0.444. The van der Waals surface area contributed by atoms with Gasteiger partial charge in [-0.05, 0) is 31.8 Å². The summed E-state index contributed by atoms with van der Waals surface area (Å²) in [7, 11) is 0. The van der Waals surface area contributed by atoms with E-state index in [1.807, 2.05) is 0 Å². The van der Waals surface area contributed by atoms with Crippen molar-refractivity contribution < 1.29 is 4.79 Å². The van der Waals surface area contributed by atoms with Crippen LogP contribution in [0.25, 0.3) is 0 Å². The Kier molecular flexibility index (Phi) is 2.05. The second-order valence-corrected chi connectivity index (χ2v) is 2.76. The van der Waals surface area contributed by atoms with Crippen LogP contribution >= 0.6 is 0 Å². The molecule has 0 amide bonds. The van der Waals surface area contributed by atoms with Crippen LogP contribution < -0.4 is 0 Å². The highest BCUT2D eigenvalue weighted by molar-refractivity contribution is 5.79. The number of rotatable bonds is 2.